The fourth-order valence-corrected chi connectivity index (χ4v) is 3.81. The van der Waals surface area contributed by atoms with Crippen LogP contribution < -0.4 is 5.32 Å². The maximum Gasteiger partial charge on any atom is 0.490 e. The van der Waals surface area contributed by atoms with Gasteiger partial charge in [0, 0.05) is 32.0 Å². The van der Waals surface area contributed by atoms with E-state index in [2.05, 4.69) is 10.3 Å². The number of alkyl halides is 3. The minimum absolute atomic E-state index is 0.0643. The largest absolute Gasteiger partial charge is 0.490 e. The van der Waals surface area contributed by atoms with Crippen molar-refractivity contribution in [2.45, 2.75) is 69.9 Å². The maximum absolute atomic E-state index is 13.0. The zero-order valence-electron chi connectivity index (χ0n) is 17.6. The van der Waals surface area contributed by atoms with Crippen LogP contribution in [0.1, 0.15) is 57.1 Å². The Bertz CT molecular complexity index is 695. The number of ether oxygens (including phenoxy) is 1. The average molecular weight is 445 g/mol. The van der Waals surface area contributed by atoms with Crippen molar-refractivity contribution < 1.29 is 32.6 Å². The fraction of sp³-hybridized carbons (Fsp3) is 0.667. The highest BCUT2D eigenvalue weighted by atomic mass is 19.4. The lowest BCUT2D eigenvalue weighted by Gasteiger charge is -2.38. The predicted molar refractivity (Wildman–Crippen MR) is 107 cm³/mol. The SMILES string of the molecule is CC(OC1CCCCCC1)C(=O)N1CCNCC1c1ccncc1.O=C(O)C(F)(F)F. The number of hydrogen-bond donors (Lipinski definition) is 2. The van der Waals surface area contributed by atoms with Crippen LogP contribution >= 0.6 is 0 Å². The molecule has 1 saturated carbocycles. The molecule has 1 amide bonds. The van der Waals surface area contributed by atoms with Gasteiger partial charge in [0.05, 0.1) is 12.1 Å². The van der Waals surface area contributed by atoms with E-state index in [1.54, 1.807) is 12.4 Å². The molecule has 2 aliphatic rings. The molecule has 2 unspecified atom stereocenters. The van der Waals surface area contributed by atoms with Crippen molar-refractivity contribution >= 4 is 11.9 Å². The number of pyridine rings is 1. The van der Waals surface area contributed by atoms with E-state index in [0.29, 0.717) is 0 Å². The Morgan fingerprint density at radius 1 is 1.19 bits per heavy atom. The van der Waals surface area contributed by atoms with Crippen LogP contribution in [0, 0.1) is 0 Å². The summed E-state index contributed by atoms with van der Waals surface area (Å²) in [5.74, 6) is -2.64. The minimum atomic E-state index is -5.08. The van der Waals surface area contributed by atoms with E-state index in [-0.39, 0.29) is 24.2 Å². The first-order valence-corrected chi connectivity index (χ1v) is 10.6. The van der Waals surface area contributed by atoms with Crippen molar-refractivity contribution in [2.75, 3.05) is 19.6 Å². The van der Waals surface area contributed by atoms with Gasteiger partial charge in [-0.2, -0.15) is 13.2 Å². The Kier molecular flexibility index (Phi) is 9.70. The third kappa shape index (κ3) is 8.10. The second-order valence-electron chi connectivity index (χ2n) is 7.73. The molecule has 174 valence electrons. The van der Waals surface area contributed by atoms with Crippen molar-refractivity contribution in [3.63, 3.8) is 0 Å². The Morgan fingerprint density at radius 2 is 1.77 bits per heavy atom. The van der Waals surface area contributed by atoms with Crippen LogP contribution in [0.4, 0.5) is 13.2 Å². The lowest BCUT2D eigenvalue weighted by molar-refractivity contribution is -0.192. The summed E-state index contributed by atoms with van der Waals surface area (Å²) in [4.78, 5) is 28.0. The third-order valence-corrected chi connectivity index (χ3v) is 5.41. The summed E-state index contributed by atoms with van der Waals surface area (Å²) >= 11 is 0. The highest BCUT2D eigenvalue weighted by molar-refractivity contribution is 5.81. The second kappa shape index (κ2) is 12.0. The van der Waals surface area contributed by atoms with Crippen molar-refractivity contribution in [3.8, 4) is 0 Å². The molecule has 2 atom stereocenters. The van der Waals surface area contributed by atoms with Gasteiger partial charge in [0.15, 0.2) is 0 Å². The number of carboxylic acids is 1. The number of carbonyl (C=O) groups is 2. The zero-order valence-corrected chi connectivity index (χ0v) is 17.6. The Hall–Kier alpha value is -2.20. The molecule has 1 saturated heterocycles. The summed E-state index contributed by atoms with van der Waals surface area (Å²) in [5.41, 5.74) is 1.13. The van der Waals surface area contributed by atoms with E-state index in [9.17, 15) is 18.0 Å². The number of aliphatic carboxylic acids is 1. The van der Waals surface area contributed by atoms with Crippen LogP contribution in [0.3, 0.4) is 0 Å². The summed E-state index contributed by atoms with van der Waals surface area (Å²) in [6.07, 6.45) is 5.59. The van der Waals surface area contributed by atoms with Crippen molar-refractivity contribution in [2.24, 2.45) is 0 Å². The fourth-order valence-electron chi connectivity index (χ4n) is 3.81. The van der Waals surface area contributed by atoms with E-state index < -0.39 is 12.1 Å². The number of nitrogens with one attached hydrogen (secondary N) is 1. The van der Waals surface area contributed by atoms with Crippen LogP contribution in [-0.4, -0.2) is 64.9 Å². The lowest BCUT2D eigenvalue weighted by Crippen LogP contribution is -2.52. The molecule has 2 heterocycles. The first kappa shape index (κ1) is 25.1. The number of carboxylic acid groups (broad SMARTS) is 1. The Morgan fingerprint density at radius 3 is 2.32 bits per heavy atom. The first-order chi connectivity index (χ1) is 14.7. The van der Waals surface area contributed by atoms with Crippen LogP contribution in [-0.2, 0) is 14.3 Å². The van der Waals surface area contributed by atoms with Crippen LogP contribution in [0.25, 0.3) is 0 Å². The van der Waals surface area contributed by atoms with Gasteiger partial charge in [-0.15, -0.1) is 0 Å². The number of carbonyl (C=O) groups excluding carboxylic acids is 1. The molecular formula is C21H30F3N3O4. The smallest absolute Gasteiger partial charge is 0.475 e. The second-order valence-corrected chi connectivity index (χ2v) is 7.73. The average Bonchev–Trinajstić information content (AvgIpc) is 3.02. The van der Waals surface area contributed by atoms with E-state index in [1.165, 1.54) is 25.7 Å². The predicted octanol–water partition coefficient (Wildman–Crippen LogP) is 3.32. The number of rotatable bonds is 4. The normalized spacial score (nSPS) is 21.4. The van der Waals surface area contributed by atoms with Gasteiger partial charge in [-0.25, -0.2) is 4.79 Å². The summed E-state index contributed by atoms with van der Waals surface area (Å²) in [5, 5.41) is 10.5. The minimum Gasteiger partial charge on any atom is -0.475 e. The number of aromatic nitrogens is 1. The number of halogens is 3. The quantitative estimate of drug-likeness (QED) is 0.691. The molecule has 0 radical (unpaired) electrons. The molecule has 1 aliphatic heterocycles. The van der Waals surface area contributed by atoms with Gasteiger partial charge in [0.1, 0.15) is 6.10 Å². The molecule has 2 N–H and O–H groups in total. The molecule has 31 heavy (non-hydrogen) atoms. The van der Waals surface area contributed by atoms with Gasteiger partial charge < -0.3 is 20.1 Å². The van der Waals surface area contributed by atoms with E-state index in [4.69, 9.17) is 14.6 Å². The molecule has 1 aliphatic carbocycles. The molecule has 7 nitrogen and oxygen atoms in total. The van der Waals surface area contributed by atoms with Crippen LogP contribution in [0.5, 0.6) is 0 Å². The van der Waals surface area contributed by atoms with Gasteiger partial charge in [-0.05, 0) is 37.5 Å². The monoisotopic (exact) mass is 445 g/mol. The molecule has 0 bridgehead atoms. The van der Waals surface area contributed by atoms with Gasteiger partial charge >= 0.3 is 12.1 Å². The van der Waals surface area contributed by atoms with Gasteiger partial charge in [0.2, 0.25) is 0 Å². The number of hydrogen-bond acceptors (Lipinski definition) is 5. The Labute approximate surface area is 180 Å². The van der Waals surface area contributed by atoms with Crippen LogP contribution in [0.2, 0.25) is 0 Å². The third-order valence-electron chi connectivity index (χ3n) is 5.41. The topological polar surface area (TPSA) is 91.8 Å². The summed E-state index contributed by atoms with van der Waals surface area (Å²) in [7, 11) is 0. The van der Waals surface area contributed by atoms with Gasteiger partial charge in [-0.3, -0.25) is 9.78 Å². The molecule has 1 aromatic heterocycles. The molecule has 3 rings (SSSR count). The van der Waals surface area contributed by atoms with E-state index >= 15 is 0 Å². The summed E-state index contributed by atoms with van der Waals surface area (Å²) < 4.78 is 37.9. The van der Waals surface area contributed by atoms with Crippen LogP contribution in [0.15, 0.2) is 24.5 Å². The van der Waals surface area contributed by atoms with Gasteiger partial charge in [-0.1, -0.05) is 25.7 Å². The standard InChI is InChI=1S/C19H29N3O2.C2HF3O2/c1-15(24-17-6-4-2-3-5-7-17)19(23)22-13-12-21-14-18(22)16-8-10-20-11-9-16;3-2(4,5)1(6)7/h8-11,15,17-18,21H,2-7,12-14H2,1H3;(H,6,7). The van der Waals surface area contributed by atoms with Crippen molar-refractivity contribution in [3.05, 3.63) is 30.1 Å². The lowest BCUT2D eigenvalue weighted by atomic mass is 10.0. The molecule has 1 aromatic rings. The zero-order chi connectivity index (χ0) is 22.9. The molecule has 2 fully saturated rings. The summed E-state index contributed by atoms with van der Waals surface area (Å²) in [6.45, 7) is 4.26. The number of nitrogens with zero attached hydrogens (tertiary/aromatic N) is 2. The maximum atomic E-state index is 13.0. The Balaban J connectivity index is 0.000000423. The van der Waals surface area contributed by atoms with Crippen molar-refractivity contribution in [1.29, 1.82) is 0 Å². The molecular weight excluding hydrogens is 415 g/mol. The highest BCUT2D eigenvalue weighted by Gasteiger charge is 2.38. The van der Waals surface area contributed by atoms with Gasteiger partial charge in [0.25, 0.3) is 5.91 Å². The highest BCUT2D eigenvalue weighted by Crippen LogP contribution is 2.25. The van der Waals surface area contributed by atoms with E-state index in [0.717, 1.165) is 38.0 Å². The van der Waals surface area contributed by atoms with E-state index in [1.807, 2.05) is 24.0 Å². The number of piperazine rings is 1. The molecule has 0 spiro atoms. The summed E-state index contributed by atoms with van der Waals surface area (Å²) in [6, 6.07) is 4.05. The first-order valence-electron chi connectivity index (χ1n) is 10.6. The molecule has 0 aromatic carbocycles. The number of amides is 1. The molecule has 10 heteroatoms. The van der Waals surface area contributed by atoms with Crippen molar-refractivity contribution in [1.82, 2.24) is 15.2 Å².